The first-order valence-electron chi connectivity index (χ1n) is 6.90. The lowest BCUT2D eigenvalue weighted by atomic mass is 9.82. The average molecular weight is 313 g/mol. The molecule has 2 heterocycles. The van der Waals surface area contributed by atoms with Gasteiger partial charge in [-0.25, -0.2) is 4.98 Å². The van der Waals surface area contributed by atoms with E-state index in [1.54, 1.807) is 0 Å². The summed E-state index contributed by atoms with van der Waals surface area (Å²) in [6.45, 7) is 4.92. The van der Waals surface area contributed by atoms with Crippen molar-refractivity contribution in [3.63, 3.8) is 0 Å². The fraction of sp³-hybridized carbons (Fsp3) is 0.533. The normalized spacial score (nSPS) is 18.6. The lowest BCUT2D eigenvalue weighted by Gasteiger charge is -2.34. The minimum atomic E-state index is 0.242. The molecule has 1 aromatic heterocycles. The molecule has 0 saturated carbocycles. The molecule has 0 unspecified atom stereocenters. The van der Waals surface area contributed by atoms with E-state index < -0.39 is 0 Å². The quantitative estimate of drug-likeness (QED) is 0.792. The minimum Gasteiger partial charge on any atom is -0.381 e. The summed E-state index contributed by atoms with van der Waals surface area (Å²) in [6, 6.07) is 5.84. The second kappa shape index (κ2) is 5.55. The van der Waals surface area contributed by atoms with Crippen LogP contribution in [0.3, 0.4) is 0 Å². The SMILES string of the molecule is CC1(Cn2c(CCl)nc3cc(Cl)ccc32)CCOCC1. The average Bonchev–Trinajstić information content (AvgIpc) is 2.76. The van der Waals surface area contributed by atoms with Crippen LogP contribution < -0.4 is 0 Å². The van der Waals surface area contributed by atoms with Gasteiger partial charge in [0.1, 0.15) is 5.82 Å². The standard InChI is InChI=1S/C15H18Cl2N2O/c1-15(4-6-20-7-5-15)10-19-13-3-2-11(17)8-12(13)18-14(19)9-16/h2-3,8H,4-7,9-10H2,1H3. The van der Waals surface area contributed by atoms with Gasteiger partial charge in [-0.15, -0.1) is 11.6 Å². The van der Waals surface area contributed by atoms with Crippen LogP contribution in [-0.2, 0) is 17.2 Å². The van der Waals surface area contributed by atoms with Gasteiger partial charge in [-0.3, -0.25) is 0 Å². The van der Waals surface area contributed by atoms with E-state index in [9.17, 15) is 0 Å². The van der Waals surface area contributed by atoms with Gasteiger partial charge in [-0.2, -0.15) is 0 Å². The van der Waals surface area contributed by atoms with E-state index in [0.717, 1.165) is 49.5 Å². The molecular formula is C15H18Cl2N2O. The highest BCUT2D eigenvalue weighted by atomic mass is 35.5. The Morgan fingerprint density at radius 2 is 2.10 bits per heavy atom. The molecule has 1 fully saturated rings. The summed E-state index contributed by atoms with van der Waals surface area (Å²) in [5.41, 5.74) is 2.27. The van der Waals surface area contributed by atoms with Crippen LogP contribution >= 0.6 is 23.2 Å². The second-order valence-corrected chi connectivity index (χ2v) is 6.51. The van der Waals surface area contributed by atoms with Gasteiger partial charge in [0.15, 0.2) is 0 Å². The molecule has 108 valence electrons. The second-order valence-electron chi connectivity index (χ2n) is 5.80. The third kappa shape index (κ3) is 2.67. The molecule has 0 bridgehead atoms. The maximum Gasteiger partial charge on any atom is 0.124 e. The summed E-state index contributed by atoms with van der Waals surface area (Å²) in [6.07, 6.45) is 2.14. The molecule has 3 rings (SSSR count). The third-order valence-electron chi connectivity index (χ3n) is 4.15. The lowest BCUT2D eigenvalue weighted by Crippen LogP contribution is -2.31. The Balaban J connectivity index is 2.01. The van der Waals surface area contributed by atoms with E-state index in [-0.39, 0.29) is 5.41 Å². The molecule has 1 saturated heterocycles. The van der Waals surface area contributed by atoms with Crippen LogP contribution in [0.1, 0.15) is 25.6 Å². The summed E-state index contributed by atoms with van der Waals surface area (Å²) >= 11 is 12.1. The van der Waals surface area contributed by atoms with Gasteiger partial charge in [0, 0.05) is 24.8 Å². The number of nitrogens with zero attached hydrogens (tertiary/aromatic N) is 2. The van der Waals surface area contributed by atoms with E-state index in [2.05, 4.69) is 16.5 Å². The first kappa shape index (κ1) is 14.2. The minimum absolute atomic E-state index is 0.242. The van der Waals surface area contributed by atoms with Crippen molar-refractivity contribution in [3.05, 3.63) is 29.0 Å². The Kier molecular flexibility index (Phi) is 3.93. The number of aromatic nitrogens is 2. The molecule has 0 N–H and O–H groups in total. The predicted octanol–water partition coefficient (Wildman–Crippen LogP) is 4.25. The van der Waals surface area contributed by atoms with E-state index in [4.69, 9.17) is 27.9 Å². The van der Waals surface area contributed by atoms with Crippen LogP contribution in [-0.4, -0.2) is 22.8 Å². The van der Waals surface area contributed by atoms with E-state index in [1.807, 2.05) is 18.2 Å². The van der Waals surface area contributed by atoms with E-state index in [1.165, 1.54) is 0 Å². The zero-order valence-corrected chi connectivity index (χ0v) is 13.0. The molecule has 0 atom stereocenters. The van der Waals surface area contributed by atoms with Crippen LogP contribution in [0, 0.1) is 5.41 Å². The fourth-order valence-electron chi connectivity index (χ4n) is 2.84. The number of rotatable bonds is 3. The van der Waals surface area contributed by atoms with Gasteiger partial charge in [0.25, 0.3) is 0 Å². The fourth-order valence-corrected chi connectivity index (χ4v) is 3.21. The number of hydrogen-bond acceptors (Lipinski definition) is 2. The third-order valence-corrected chi connectivity index (χ3v) is 4.62. The Morgan fingerprint density at radius 3 is 2.80 bits per heavy atom. The number of fused-ring (bicyclic) bond motifs is 1. The maximum atomic E-state index is 6.07. The molecule has 1 aliphatic rings. The Bertz CT molecular complexity index is 618. The van der Waals surface area contributed by atoms with Gasteiger partial charge in [0.05, 0.1) is 16.9 Å². The first-order chi connectivity index (χ1) is 9.61. The summed E-state index contributed by atoms with van der Waals surface area (Å²) in [5.74, 6) is 1.33. The molecule has 2 aromatic rings. The molecule has 0 amide bonds. The Hall–Kier alpha value is -0.770. The molecule has 3 nitrogen and oxygen atoms in total. The zero-order chi connectivity index (χ0) is 14.2. The van der Waals surface area contributed by atoms with Gasteiger partial charge in [0.2, 0.25) is 0 Å². The number of benzene rings is 1. The lowest BCUT2D eigenvalue weighted by molar-refractivity contribution is 0.0157. The molecule has 0 aliphatic carbocycles. The first-order valence-corrected chi connectivity index (χ1v) is 7.81. The van der Waals surface area contributed by atoms with E-state index >= 15 is 0 Å². The molecule has 0 radical (unpaired) electrons. The Labute approximate surface area is 128 Å². The van der Waals surface area contributed by atoms with Crippen molar-refractivity contribution < 1.29 is 4.74 Å². The van der Waals surface area contributed by atoms with Crippen LogP contribution in [0.4, 0.5) is 0 Å². The van der Waals surface area contributed by atoms with Gasteiger partial charge < -0.3 is 9.30 Å². The number of ether oxygens (including phenoxy) is 1. The molecule has 0 spiro atoms. The topological polar surface area (TPSA) is 27.1 Å². The molecule has 20 heavy (non-hydrogen) atoms. The number of alkyl halides is 1. The molecule has 1 aromatic carbocycles. The Morgan fingerprint density at radius 1 is 1.35 bits per heavy atom. The van der Waals surface area contributed by atoms with Crippen molar-refractivity contribution in [2.75, 3.05) is 13.2 Å². The van der Waals surface area contributed by atoms with Crippen molar-refractivity contribution in [1.29, 1.82) is 0 Å². The summed E-state index contributed by atoms with van der Waals surface area (Å²) in [4.78, 5) is 4.60. The number of hydrogen-bond donors (Lipinski definition) is 0. The van der Waals surface area contributed by atoms with Gasteiger partial charge in [-0.1, -0.05) is 18.5 Å². The highest BCUT2D eigenvalue weighted by molar-refractivity contribution is 6.31. The summed E-state index contributed by atoms with van der Waals surface area (Å²) in [7, 11) is 0. The molecule has 1 aliphatic heterocycles. The van der Waals surface area contributed by atoms with E-state index in [0.29, 0.717) is 10.9 Å². The zero-order valence-electron chi connectivity index (χ0n) is 11.5. The predicted molar refractivity (Wildman–Crippen MR) is 82.5 cm³/mol. The highest BCUT2D eigenvalue weighted by Gasteiger charge is 2.29. The largest absolute Gasteiger partial charge is 0.381 e. The molecular weight excluding hydrogens is 295 g/mol. The molecule has 5 heteroatoms. The summed E-state index contributed by atoms with van der Waals surface area (Å²) < 4.78 is 7.72. The maximum absolute atomic E-state index is 6.07. The van der Waals surface area contributed by atoms with Crippen molar-refractivity contribution in [2.24, 2.45) is 5.41 Å². The number of halogens is 2. The van der Waals surface area contributed by atoms with Gasteiger partial charge in [-0.05, 0) is 36.5 Å². The monoisotopic (exact) mass is 312 g/mol. The van der Waals surface area contributed by atoms with Crippen molar-refractivity contribution in [1.82, 2.24) is 9.55 Å². The van der Waals surface area contributed by atoms with Crippen LogP contribution in [0.5, 0.6) is 0 Å². The highest BCUT2D eigenvalue weighted by Crippen LogP contribution is 2.34. The van der Waals surface area contributed by atoms with Crippen molar-refractivity contribution >= 4 is 34.2 Å². The van der Waals surface area contributed by atoms with Crippen LogP contribution in [0.2, 0.25) is 5.02 Å². The van der Waals surface area contributed by atoms with Crippen LogP contribution in [0.15, 0.2) is 18.2 Å². The van der Waals surface area contributed by atoms with Crippen molar-refractivity contribution in [3.8, 4) is 0 Å². The van der Waals surface area contributed by atoms with Crippen molar-refractivity contribution in [2.45, 2.75) is 32.2 Å². The van der Waals surface area contributed by atoms with Gasteiger partial charge >= 0.3 is 0 Å². The summed E-state index contributed by atoms with van der Waals surface area (Å²) in [5, 5.41) is 0.709. The van der Waals surface area contributed by atoms with Crippen LogP contribution in [0.25, 0.3) is 11.0 Å². The number of imidazole rings is 1. The smallest absolute Gasteiger partial charge is 0.124 e.